The normalized spacial score (nSPS) is 10.5. The lowest BCUT2D eigenvalue weighted by atomic mass is 10.2. The molecular weight excluding hydrogens is 292 g/mol. The second kappa shape index (κ2) is 6.36. The Labute approximate surface area is 133 Å². The van der Waals surface area contributed by atoms with Crippen LogP contribution in [0.2, 0.25) is 0 Å². The lowest BCUT2D eigenvalue weighted by Gasteiger charge is -2.08. The van der Waals surface area contributed by atoms with Crippen molar-refractivity contribution in [3.63, 3.8) is 0 Å². The van der Waals surface area contributed by atoms with E-state index in [9.17, 15) is 9.59 Å². The van der Waals surface area contributed by atoms with Crippen LogP contribution in [0.1, 0.15) is 15.9 Å². The number of aromatic nitrogens is 1. The maximum atomic E-state index is 12.1. The molecule has 3 rings (SSSR count). The molecule has 0 radical (unpaired) electrons. The molecule has 3 aromatic rings. The first kappa shape index (κ1) is 14.8. The molecule has 0 spiro atoms. The molecule has 23 heavy (non-hydrogen) atoms. The van der Waals surface area contributed by atoms with Crippen molar-refractivity contribution >= 4 is 28.5 Å². The van der Waals surface area contributed by atoms with Gasteiger partial charge < -0.3 is 15.0 Å². The standard InChI is InChI=1S/C18H16N2O3/c1-12-6-2-4-8-15(12)20-17(21)11-23-18(22)14-10-19-16-9-5-3-7-13(14)16/h2-10,19H,11H2,1H3,(H,20,21). The highest BCUT2D eigenvalue weighted by Crippen LogP contribution is 2.18. The maximum Gasteiger partial charge on any atom is 0.340 e. The molecular formula is C18H16N2O3. The van der Waals surface area contributed by atoms with Crippen LogP contribution in [0, 0.1) is 6.92 Å². The van der Waals surface area contributed by atoms with Crippen molar-refractivity contribution < 1.29 is 14.3 Å². The van der Waals surface area contributed by atoms with Crippen LogP contribution in [0.3, 0.4) is 0 Å². The summed E-state index contributed by atoms with van der Waals surface area (Å²) in [5.41, 5.74) is 2.93. The van der Waals surface area contributed by atoms with Gasteiger partial charge in [-0.05, 0) is 24.6 Å². The quantitative estimate of drug-likeness (QED) is 0.727. The second-order valence-corrected chi connectivity index (χ2v) is 5.19. The number of esters is 1. The van der Waals surface area contributed by atoms with Crippen molar-refractivity contribution in [1.29, 1.82) is 0 Å². The monoisotopic (exact) mass is 308 g/mol. The van der Waals surface area contributed by atoms with Gasteiger partial charge in [-0.3, -0.25) is 4.79 Å². The third-order valence-electron chi connectivity index (χ3n) is 3.56. The first-order valence-electron chi connectivity index (χ1n) is 7.24. The molecule has 2 aromatic carbocycles. The summed E-state index contributed by atoms with van der Waals surface area (Å²) in [4.78, 5) is 27.0. The number of aromatic amines is 1. The average Bonchev–Trinajstić information content (AvgIpc) is 2.99. The number of carbonyl (C=O) groups excluding carboxylic acids is 2. The molecule has 1 heterocycles. The third-order valence-corrected chi connectivity index (χ3v) is 3.56. The predicted molar refractivity (Wildman–Crippen MR) is 88.4 cm³/mol. The summed E-state index contributed by atoms with van der Waals surface area (Å²) in [5.74, 6) is -0.894. The SMILES string of the molecule is Cc1ccccc1NC(=O)COC(=O)c1c[nH]c2ccccc12. The van der Waals surface area contributed by atoms with Crippen LogP contribution >= 0.6 is 0 Å². The van der Waals surface area contributed by atoms with E-state index in [-0.39, 0.29) is 12.5 Å². The molecule has 0 saturated carbocycles. The number of fused-ring (bicyclic) bond motifs is 1. The summed E-state index contributed by atoms with van der Waals surface area (Å²) in [7, 11) is 0. The Balaban J connectivity index is 1.63. The zero-order valence-corrected chi connectivity index (χ0v) is 12.6. The van der Waals surface area contributed by atoms with E-state index in [2.05, 4.69) is 10.3 Å². The second-order valence-electron chi connectivity index (χ2n) is 5.19. The lowest BCUT2D eigenvalue weighted by molar-refractivity contribution is -0.119. The van der Waals surface area contributed by atoms with Gasteiger partial charge in [-0.2, -0.15) is 0 Å². The number of amides is 1. The van der Waals surface area contributed by atoms with Crippen LogP contribution in [0.4, 0.5) is 5.69 Å². The number of carbonyl (C=O) groups is 2. The van der Waals surface area contributed by atoms with Crippen molar-refractivity contribution in [2.75, 3.05) is 11.9 Å². The molecule has 1 aromatic heterocycles. The summed E-state index contributed by atoms with van der Waals surface area (Å²) in [6.07, 6.45) is 1.59. The average molecular weight is 308 g/mol. The molecule has 0 aliphatic heterocycles. The summed E-state index contributed by atoms with van der Waals surface area (Å²) in [5, 5.41) is 3.50. The number of rotatable bonds is 4. The summed E-state index contributed by atoms with van der Waals surface area (Å²) in [6, 6.07) is 14.8. The number of ether oxygens (including phenoxy) is 1. The Bertz CT molecular complexity index is 867. The van der Waals surface area contributed by atoms with E-state index < -0.39 is 5.97 Å². The number of benzene rings is 2. The summed E-state index contributed by atoms with van der Waals surface area (Å²) in [6.45, 7) is 1.57. The number of hydrogen-bond donors (Lipinski definition) is 2. The van der Waals surface area contributed by atoms with Gasteiger partial charge in [0, 0.05) is 22.8 Å². The van der Waals surface area contributed by atoms with Crippen LogP contribution in [0.15, 0.2) is 54.7 Å². The maximum absolute atomic E-state index is 12.1. The molecule has 0 aliphatic carbocycles. The Hall–Kier alpha value is -3.08. The fourth-order valence-corrected chi connectivity index (χ4v) is 2.35. The van der Waals surface area contributed by atoms with Crippen LogP contribution in [0.25, 0.3) is 10.9 Å². The minimum Gasteiger partial charge on any atom is -0.452 e. The van der Waals surface area contributed by atoms with E-state index in [4.69, 9.17) is 4.74 Å². The summed E-state index contributed by atoms with van der Waals surface area (Å²) >= 11 is 0. The smallest absolute Gasteiger partial charge is 0.340 e. The van der Waals surface area contributed by atoms with Crippen LogP contribution in [0.5, 0.6) is 0 Å². The number of para-hydroxylation sites is 2. The number of H-pyrrole nitrogens is 1. The first-order chi connectivity index (χ1) is 11.1. The zero-order chi connectivity index (χ0) is 16.2. The minimum absolute atomic E-state index is 0.327. The van der Waals surface area contributed by atoms with Gasteiger partial charge in [0.2, 0.25) is 0 Å². The van der Waals surface area contributed by atoms with Gasteiger partial charge in [0.25, 0.3) is 5.91 Å². The number of nitrogens with one attached hydrogen (secondary N) is 2. The fraction of sp³-hybridized carbons (Fsp3) is 0.111. The highest BCUT2D eigenvalue weighted by Gasteiger charge is 2.15. The van der Waals surface area contributed by atoms with E-state index in [1.165, 1.54) is 0 Å². The Morgan fingerprint density at radius 1 is 1.09 bits per heavy atom. The van der Waals surface area contributed by atoms with E-state index in [0.717, 1.165) is 16.5 Å². The van der Waals surface area contributed by atoms with Crippen LogP contribution in [-0.2, 0) is 9.53 Å². The molecule has 0 fully saturated rings. The number of anilines is 1. The Morgan fingerprint density at radius 3 is 2.65 bits per heavy atom. The molecule has 1 amide bonds. The van der Waals surface area contributed by atoms with Gasteiger partial charge in [-0.15, -0.1) is 0 Å². The largest absolute Gasteiger partial charge is 0.452 e. The van der Waals surface area contributed by atoms with E-state index in [0.29, 0.717) is 11.3 Å². The van der Waals surface area contributed by atoms with Crippen LogP contribution in [-0.4, -0.2) is 23.5 Å². The summed E-state index contributed by atoms with van der Waals surface area (Å²) < 4.78 is 5.10. The van der Waals surface area contributed by atoms with Crippen molar-refractivity contribution in [2.24, 2.45) is 0 Å². The molecule has 2 N–H and O–H groups in total. The van der Waals surface area contributed by atoms with Crippen molar-refractivity contribution in [3.8, 4) is 0 Å². The zero-order valence-electron chi connectivity index (χ0n) is 12.6. The minimum atomic E-state index is -0.526. The molecule has 0 atom stereocenters. The van der Waals surface area contributed by atoms with Gasteiger partial charge in [0.15, 0.2) is 6.61 Å². The highest BCUT2D eigenvalue weighted by molar-refractivity contribution is 6.05. The molecule has 116 valence electrons. The topological polar surface area (TPSA) is 71.2 Å². The van der Waals surface area contributed by atoms with Crippen molar-refractivity contribution in [2.45, 2.75) is 6.92 Å². The molecule has 0 unspecified atom stereocenters. The van der Waals surface area contributed by atoms with Crippen molar-refractivity contribution in [1.82, 2.24) is 4.98 Å². The Kier molecular flexibility index (Phi) is 4.10. The van der Waals surface area contributed by atoms with Crippen molar-refractivity contribution in [3.05, 3.63) is 65.9 Å². The van der Waals surface area contributed by atoms with E-state index in [1.54, 1.807) is 12.3 Å². The van der Waals surface area contributed by atoms with E-state index in [1.807, 2.05) is 49.4 Å². The van der Waals surface area contributed by atoms with Gasteiger partial charge >= 0.3 is 5.97 Å². The van der Waals surface area contributed by atoms with Gasteiger partial charge in [0.05, 0.1) is 5.56 Å². The third kappa shape index (κ3) is 3.23. The predicted octanol–water partition coefficient (Wildman–Crippen LogP) is 3.27. The first-order valence-corrected chi connectivity index (χ1v) is 7.24. The molecule has 0 saturated heterocycles. The number of hydrogen-bond acceptors (Lipinski definition) is 3. The fourth-order valence-electron chi connectivity index (χ4n) is 2.35. The molecule has 0 bridgehead atoms. The molecule has 0 aliphatic rings. The van der Waals surface area contributed by atoms with Gasteiger partial charge in [-0.1, -0.05) is 36.4 Å². The Morgan fingerprint density at radius 2 is 1.83 bits per heavy atom. The van der Waals surface area contributed by atoms with Gasteiger partial charge in [0.1, 0.15) is 0 Å². The van der Waals surface area contributed by atoms with Crippen LogP contribution < -0.4 is 5.32 Å². The number of aryl methyl sites for hydroxylation is 1. The van der Waals surface area contributed by atoms with Gasteiger partial charge in [-0.25, -0.2) is 4.79 Å². The lowest BCUT2D eigenvalue weighted by Crippen LogP contribution is -2.21. The molecule has 5 heteroatoms. The van der Waals surface area contributed by atoms with E-state index >= 15 is 0 Å². The highest BCUT2D eigenvalue weighted by atomic mass is 16.5. The molecule has 5 nitrogen and oxygen atoms in total.